The average molecular weight is 472 g/mol. The van der Waals surface area contributed by atoms with Crippen molar-refractivity contribution in [1.82, 2.24) is 15.1 Å². The van der Waals surface area contributed by atoms with E-state index in [4.69, 9.17) is 21.7 Å². The van der Waals surface area contributed by atoms with Gasteiger partial charge in [-0.25, -0.2) is 0 Å². The number of piperidine rings is 1. The molecule has 1 saturated carbocycles. The monoisotopic (exact) mass is 471 g/mol. The van der Waals surface area contributed by atoms with E-state index in [1.165, 1.54) is 31.0 Å². The van der Waals surface area contributed by atoms with E-state index in [-0.39, 0.29) is 23.8 Å². The molecule has 0 bridgehead atoms. The fourth-order valence-electron chi connectivity index (χ4n) is 4.76. The number of carbonyl (C=O) groups excluding carboxylic acids is 2. The first-order chi connectivity index (χ1) is 15.0. The van der Waals surface area contributed by atoms with Crippen LogP contribution >= 0.6 is 24.0 Å². The van der Waals surface area contributed by atoms with Gasteiger partial charge >= 0.3 is 5.97 Å². The van der Waals surface area contributed by atoms with E-state index >= 15 is 0 Å². The summed E-state index contributed by atoms with van der Waals surface area (Å²) in [5, 5.41) is 3.03. The van der Waals surface area contributed by atoms with E-state index in [1.54, 1.807) is 0 Å². The summed E-state index contributed by atoms with van der Waals surface area (Å²) in [5.41, 5.74) is 0.00960. The highest BCUT2D eigenvalue weighted by Crippen LogP contribution is 2.33. The number of amides is 1. The van der Waals surface area contributed by atoms with Crippen molar-refractivity contribution in [3.8, 4) is 0 Å². The second-order valence-electron chi connectivity index (χ2n) is 9.05. The topological polar surface area (TPSA) is 71.1 Å². The van der Waals surface area contributed by atoms with Crippen LogP contribution in [0.5, 0.6) is 0 Å². The summed E-state index contributed by atoms with van der Waals surface area (Å²) < 4.78 is 11.5. The van der Waals surface area contributed by atoms with Gasteiger partial charge in [0.15, 0.2) is 6.61 Å². The smallest absolute Gasteiger partial charge is 0.316 e. The fraction of sp³-hybridized carbons (Fsp3) is 0.864. The Hall–Kier alpha value is -0.900. The Balaban J connectivity index is 1.35. The first-order valence-electron chi connectivity index (χ1n) is 11.7. The zero-order chi connectivity index (χ0) is 22.1. The minimum absolute atomic E-state index is 0.00960. The van der Waals surface area contributed by atoms with Crippen molar-refractivity contribution in [1.29, 1.82) is 0 Å². The molecule has 3 aliphatic rings. The number of hydrogen-bond acceptors (Lipinski definition) is 7. The maximum atomic E-state index is 12.4. The summed E-state index contributed by atoms with van der Waals surface area (Å²) in [7, 11) is 0. The molecule has 1 N–H and O–H groups in total. The maximum absolute atomic E-state index is 12.4. The summed E-state index contributed by atoms with van der Waals surface area (Å²) in [4.78, 5) is 29.1. The van der Waals surface area contributed by atoms with Gasteiger partial charge in [0.25, 0.3) is 5.91 Å². The van der Waals surface area contributed by atoms with Gasteiger partial charge in [-0.05, 0) is 31.6 Å². The Morgan fingerprint density at radius 1 is 1.13 bits per heavy atom. The molecule has 0 unspecified atom stereocenters. The molecule has 1 aliphatic carbocycles. The number of thioether (sulfide) groups is 1. The van der Waals surface area contributed by atoms with Crippen molar-refractivity contribution in [2.45, 2.75) is 57.4 Å². The van der Waals surface area contributed by atoms with Gasteiger partial charge in [0.05, 0.1) is 19.0 Å². The zero-order valence-corrected chi connectivity index (χ0v) is 20.4. The number of nitrogens with zero attached hydrogens (tertiary/aromatic N) is 2. The van der Waals surface area contributed by atoms with Crippen molar-refractivity contribution in [2.24, 2.45) is 5.92 Å². The lowest BCUT2D eigenvalue weighted by Crippen LogP contribution is -2.59. The van der Waals surface area contributed by atoms with Crippen molar-refractivity contribution in [3.63, 3.8) is 0 Å². The number of thiocarbonyl (C=S) groups is 1. The zero-order valence-electron chi connectivity index (χ0n) is 18.7. The lowest BCUT2D eigenvalue weighted by molar-refractivity contribution is -0.146. The van der Waals surface area contributed by atoms with Gasteiger partial charge in [-0.15, -0.1) is 0 Å². The summed E-state index contributed by atoms with van der Waals surface area (Å²) in [6.45, 7) is 7.88. The predicted molar refractivity (Wildman–Crippen MR) is 127 cm³/mol. The van der Waals surface area contributed by atoms with Crippen LogP contribution in [0.3, 0.4) is 0 Å². The number of nitrogens with one attached hydrogen (secondary N) is 1. The largest absolute Gasteiger partial charge is 0.455 e. The van der Waals surface area contributed by atoms with E-state index < -0.39 is 5.97 Å². The van der Waals surface area contributed by atoms with E-state index in [0.717, 1.165) is 75.3 Å². The highest BCUT2D eigenvalue weighted by atomic mass is 32.2. The molecule has 0 aromatic rings. The van der Waals surface area contributed by atoms with Crippen LogP contribution in [0.15, 0.2) is 0 Å². The predicted octanol–water partition coefficient (Wildman–Crippen LogP) is 2.43. The first kappa shape index (κ1) is 24.7. The van der Waals surface area contributed by atoms with Crippen LogP contribution in [0.4, 0.5) is 0 Å². The SMILES string of the molecule is CC1CCN(C(=S)SCC(=O)OCC(=O)NCC2(N3CCOCC3)CCCCC2)CC1. The minimum atomic E-state index is -0.395. The molecule has 7 nitrogen and oxygen atoms in total. The molecule has 0 atom stereocenters. The average Bonchev–Trinajstić information content (AvgIpc) is 2.81. The second kappa shape index (κ2) is 12.4. The van der Waals surface area contributed by atoms with Crippen molar-refractivity contribution in [2.75, 3.05) is 58.3 Å². The lowest BCUT2D eigenvalue weighted by atomic mass is 9.79. The molecule has 176 valence electrons. The normalized spacial score (nSPS) is 22.7. The van der Waals surface area contributed by atoms with Crippen LogP contribution in [0.25, 0.3) is 0 Å². The summed E-state index contributed by atoms with van der Waals surface area (Å²) in [6, 6.07) is 0. The standard InChI is InChI=1S/C22H37N3O4S2/c1-18-5-9-24(10-6-18)21(30)31-16-20(27)29-15-19(26)23-17-22(7-3-2-4-8-22)25-11-13-28-14-12-25/h18H,2-17H2,1H3,(H,23,26). The number of esters is 1. The molecule has 3 rings (SSSR count). The third-order valence-corrected chi connectivity index (χ3v) is 8.30. The van der Waals surface area contributed by atoms with Crippen LogP contribution in [0.2, 0.25) is 0 Å². The van der Waals surface area contributed by atoms with E-state index in [0.29, 0.717) is 6.54 Å². The maximum Gasteiger partial charge on any atom is 0.316 e. The fourth-order valence-corrected chi connectivity index (χ4v) is 5.81. The van der Waals surface area contributed by atoms with Crippen LogP contribution in [-0.4, -0.2) is 89.8 Å². The molecule has 1 amide bonds. The number of morpholine rings is 1. The molecule has 0 aromatic carbocycles. The third kappa shape index (κ3) is 7.58. The third-order valence-electron chi connectivity index (χ3n) is 6.80. The van der Waals surface area contributed by atoms with Gasteiger partial charge in [0.1, 0.15) is 4.32 Å². The Bertz CT molecular complexity index is 614. The Kier molecular flexibility index (Phi) is 9.87. The van der Waals surface area contributed by atoms with Gasteiger partial charge < -0.3 is 19.7 Å². The number of hydrogen-bond donors (Lipinski definition) is 1. The highest BCUT2D eigenvalue weighted by molar-refractivity contribution is 8.23. The molecule has 2 saturated heterocycles. The molecule has 9 heteroatoms. The molecular weight excluding hydrogens is 434 g/mol. The molecule has 0 spiro atoms. The summed E-state index contributed by atoms with van der Waals surface area (Å²) in [5.74, 6) is 0.261. The number of ether oxygens (including phenoxy) is 2. The van der Waals surface area contributed by atoms with Crippen LogP contribution in [0, 0.1) is 5.92 Å². The van der Waals surface area contributed by atoms with Crippen LogP contribution < -0.4 is 5.32 Å². The molecule has 0 radical (unpaired) electrons. The Labute approximate surface area is 195 Å². The molecule has 3 fully saturated rings. The quantitative estimate of drug-likeness (QED) is 0.448. The van der Waals surface area contributed by atoms with Gasteiger partial charge in [0.2, 0.25) is 0 Å². The van der Waals surface area contributed by atoms with Crippen molar-refractivity contribution < 1.29 is 19.1 Å². The van der Waals surface area contributed by atoms with Gasteiger partial charge in [-0.2, -0.15) is 0 Å². The van der Waals surface area contributed by atoms with Crippen molar-refractivity contribution in [3.05, 3.63) is 0 Å². The summed E-state index contributed by atoms with van der Waals surface area (Å²) in [6.07, 6.45) is 8.10. The molecule has 2 aliphatic heterocycles. The van der Waals surface area contributed by atoms with Crippen molar-refractivity contribution >= 4 is 40.2 Å². The summed E-state index contributed by atoms with van der Waals surface area (Å²) >= 11 is 6.77. The van der Waals surface area contributed by atoms with Gasteiger partial charge in [0, 0.05) is 38.3 Å². The molecule has 2 heterocycles. The van der Waals surface area contributed by atoms with Gasteiger partial charge in [-0.3, -0.25) is 14.5 Å². The second-order valence-corrected chi connectivity index (χ2v) is 10.7. The number of carbonyl (C=O) groups is 2. The lowest BCUT2D eigenvalue weighted by Gasteiger charge is -2.48. The van der Waals surface area contributed by atoms with E-state index in [2.05, 4.69) is 22.0 Å². The van der Waals surface area contributed by atoms with E-state index in [9.17, 15) is 9.59 Å². The Morgan fingerprint density at radius 3 is 2.48 bits per heavy atom. The van der Waals surface area contributed by atoms with Crippen LogP contribution in [0.1, 0.15) is 51.9 Å². The Morgan fingerprint density at radius 2 is 1.81 bits per heavy atom. The highest BCUT2D eigenvalue weighted by Gasteiger charge is 2.38. The minimum Gasteiger partial charge on any atom is -0.455 e. The molecule has 0 aromatic heterocycles. The van der Waals surface area contributed by atoms with Gasteiger partial charge in [-0.1, -0.05) is 50.2 Å². The van der Waals surface area contributed by atoms with Crippen LogP contribution in [-0.2, 0) is 19.1 Å². The first-order valence-corrected chi connectivity index (χ1v) is 13.0. The number of likely N-dealkylation sites (tertiary alicyclic amines) is 1. The van der Waals surface area contributed by atoms with E-state index in [1.807, 2.05) is 0 Å². The molecular formula is C22H37N3O4S2. The molecule has 31 heavy (non-hydrogen) atoms. The number of rotatable bonds is 7.